The molecule has 0 unspecified atom stereocenters. The second-order valence-corrected chi connectivity index (χ2v) is 6.06. The molecule has 0 saturated heterocycles. The molecule has 3 rings (SSSR count). The van der Waals surface area contributed by atoms with E-state index in [1.807, 2.05) is 56.3 Å². The number of hydrogen-bond acceptors (Lipinski definition) is 3. The van der Waals surface area contributed by atoms with E-state index in [4.69, 9.17) is 5.73 Å². The Balaban J connectivity index is 2.29. The van der Waals surface area contributed by atoms with Gasteiger partial charge in [0.25, 0.3) is 0 Å². The normalized spacial score (nSPS) is 10.4. The molecule has 0 aliphatic rings. The molecule has 0 aliphatic carbocycles. The van der Waals surface area contributed by atoms with E-state index in [-0.39, 0.29) is 5.82 Å². The van der Waals surface area contributed by atoms with Gasteiger partial charge in [-0.3, -0.25) is 0 Å². The Morgan fingerprint density at radius 2 is 1.62 bits per heavy atom. The number of aryl methyl sites for hydroxylation is 3. The number of nitrogens with zero attached hydrogens (tertiary/aromatic N) is 2. The first-order valence-electron chi connectivity index (χ1n) is 7.85. The summed E-state index contributed by atoms with van der Waals surface area (Å²) in [6, 6.07) is 18.4. The third-order valence-electron chi connectivity index (χ3n) is 4.25. The van der Waals surface area contributed by atoms with Crippen LogP contribution in [0.15, 0.2) is 48.5 Å². The summed E-state index contributed by atoms with van der Waals surface area (Å²) in [6.07, 6.45) is 0. The third kappa shape index (κ3) is 2.75. The predicted octanol–water partition coefficient (Wildman–Crippen LogP) is 4.79. The van der Waals surface area contributed by atoms with Gasteiger partial charge in [0, 0.05) is 11.1 Å². The van der Waals surface area contributed by atoms with Gasteiger partial charge in [-0.05, 0) is 43.5 Å². The van der Waals surface area contributed by atoms with Crippen LogP contribution in [-0.2, 0) is 0 Å². The third-order valence-corrected chi connectivity index (χ3v) is 4.25. The highest BCUT2D eigenvalue weighted by atomic mass is 14.8. The van der Waals surface area contributed by atoms with E-state index in [0.29, 0.717) is 5.56 Å². The average molecular weight is 313 g/mol. The van der Waals surface area contributed by atoms with Crippen molar-refractivity contribution in [1.29, 1.82) is 5.26 Å². The molecule has 0 bridgehead atoms. The van der Waals surface area contributed by atoms with Gasteiger partial charge in [0.1, 0.15) is 17.5 Å². The largest absolute Gasteiger partial charge is 0.383 e. The van der Waals surface area contributed by atoms with Gasteiger partial charge in [0.05, 0.1) is 5.69 Å². The molecule has 1 aromatic heterocycles. The van der Waals surface area contributed by atoms with Crippen LogP contribution in [0.25, 0.3) is 22.4 Å². The quantitative estimate of drug-likeness (QED) is 0.739. The van der Waals surface area contributed by atoms with E-state index in [0.717, 1.165) is 33.5 Å². The number of anilines is 1. The van der Waals surface area contributed by atoms with Crippen molar-refractivity contribution < 1.29 is 0 Å². The lowest BCUT2D eigenvalue weighted by atomic mass is 9.93. The predicted molar refractivity (Wildman–Crippen MR) is 98.4 cm³/mol. The fourth-order valence-electron chi connectivity index (χ4n) is 3.01. The van der Waals surface area contributed by atoms with Crippen LogP contribution in [0.3, 0.4) is 0 Å². The first-order chi connectivity index (χ1) is 11.5. The lowest BCUT2D eigenvalue weighted by Gasteiger charge is -2.13. The highest BCUT2D eigenvalue weighted by Crippen LogP contribution is 2.34. The van der Waals surface area contributed by atoms with Gasteiger partial charge in [-0.15, -0.1) is 0 Å². The molecule has 2 aromatic carbocycles. The molecule has 24 heavy (non-hydrogen) atoms. The Morgan fingerprint density at radius 1 is 0.875 bits per heavy atom. The minimum atomic E-state index is 0.272. The van der Waals surface area contributed by atoms with Crippen LogP contribution in [0.1, 0.15) is 22.3 Å². The van der Waals surface area contributed by atoms with Crippen LogP contribution < -0.4 is 5.73 Å². The van der Waals surface area contributed by atoms with Crippen LogP contribution in [-0.4, -0.2) is 4.98 Å². The van der Waals surface area contributed by atoms with Crippen molar-refractivity contribution >= 4 is 5.82 Å². The van der Waals surface area contributed by atoms with Crippen molar-refractivity contribution in [2.24, 2.45) is 0 Å². The molecule has 2 N–H and O–H groups in total. The Hall–Kier alpha value is -3.12. The first kappa shape index (κ1) is 15.8. The van der Waals surface area contributed by atoms with E-state index in [9.17, 15) is 5.26 Å². The highest BCUT2D eigenvalue weighted by Gasteiger charge is 2.15. The highest BCUT2D eigenvalue weighted by molar-refractivity contribution is 5.82. The first-order valence-corrected chi connectivity index (χ1v) is 7.85. The van der Waals surface area contributed by atoms with Crippen molar-refractivity contribution in [1.82, 2.24) is 4.98 Å². The lowest BCUT2D eigenvalue weighted by Crippen LogP contribution is -2.01. The molecule has 0 amide bonds. The van der Waals surface area contributed by atoms with Gasteiger partial charge < -0.3 is 5.73 Å². The monoisotopic (exact) mass is 313 g/mol. The summed E-state index contributed by atoms with van der Waals surface area (Å²) in [7, 11) is 0. The molecule has 1 heterocycles. The minimum absolute atomic E-state index is 0.272. The van der Waals surface area contributed by atoms with Gasteiger partial charge in [0.2, 0.25) is 0 Å². The number of rotatable bonds is 2. The number of nitriles is 1. The average Bonchev–Trinajstić information content (AvgIpc) is 2.54. The molecule has 0 atom stereocenters. The maximum absolute atomic E-state index is 9.55. The lowest BCUT2D eigenvalue weighted by molar-refractivity contribution is 1.29. The van der Waals surface area contributed by atoms with Crippen molar-refractivity contribution in [3.63, 3.8) is 0 Å². The molecule has 0 aliphatic heterocycles. The van der Waals surface area contributed by atoms with Crippen LogP contribution in [0.5, 0.6) is 0 Å². The molecule has 118 valence electrons. The van der Waals surface area contributed by atoms with E-state index in [1.54, 1.807) is 0 Å². The summed E-state index contributed by atoms with van der Waals surface area (Å²) >= 11 is 0. The molecule has 3 heteroatoms. The minimum Gasteiger partial charge on any atom is -0.383 e. The molecular formula is C21H19N3. The number of pyridine rings is 1. The molecular weight excluding hydrogens is 294 g/mol. The van der Waals surface area contributed by atoms with Gasteiger partial charge >= 0.3 is 0 Å². The summed E-state index contributed by atoms with van der Waals surface area (Å²) in [5, 5.41) is 9.55. The van der Waals surface area contributed by atoms with Gasteiger partial charge in [0.15, 0.2) is 0 Å². The topological polar surface area (TPSA) is 62.7 Å². The van der Waals surface area contributed by atoms with Gasteiger partial charge in [-0.1, -0.05) is 48.0 Å². The number of hydrogen-bond donors (Lipinski definition) is 1. The van der Waals surface area contributed by atoms with Crippen LogP contribution >= 0.6 is 0 Å². The molecule has 0 fully saturated rings. The maximum atomic E-state index is 9.55. The summed E-state index contributed by atoms with van der Waals surface area (Å²) in [5.74, 6) is 0.272. The fraction of sp³-hybridized carbons (Fsp3) is 0.143. The van der Waals surface area contributed by atoms with Crippen LogP contribution in [0.4, 0.5) is 5.82 Å². The van der Waals surface area contributed by atoms with Crippen LogP contribution in [0, 0.1) is 32.1 Å². The molecule has 0 radical (unpaired) electrons. The summed E-state index contributed by atoms with van der Waals surface area (Å²) in [5.41, 5.74) is 13.6. The second-order valence-electron chi connectivity index (χ2n) is 6.06. The van der Waals surface area contributed by atoms with E-state index in [1.165, 1.54) is 5.56 Å². The van der Waals surface area contributed by atoms with Gasteiger partial charge in [-0.25, -0.2) is 4.98 Å². The van der Waals surface area contributed by atoms with E-state index < -0.39 is 0 Å². The number of nitrogens with two attached hydrogens (primary N) is 1. The van der Waals surface area contributed by atoms with E-state index >= 15 is 0 Å². The molecule has 0 saturated carbocycles. The van der Waals surface area contributed by atoms with Crippen molar-refractivity contribution in [2.45, 2.75) is 20.8 Å². The van der Waals surface area contributed by atoms with E-state index in [2.05, 4.69) is 24.0 Å². The molecule has 0 spiro atoms. The van der Waals surface area contributed by atoms with Gasteiger partial charge in [-0.2, -0.15) is 5.26 Å². The zero-order valence-electron chi connectivity index (χ0n) is 14.1. The van der Waals surface area contributed by atoms with Crippen molar-refractivity contribution in [2.75, 3.05) is 5.73 Å². The number of benzene rings is 2. The fourth-order valence-corrected chi connectivity index (χ4v) is 3.01. The SMILES string of the molecule is Cc1ccc(-c2cc(-c3ccccc3C)nc(N)c2C#N)c(C)c1. The smallest absolute Gasteiger partial charge is 0.142 e. The standard InChI is InChI=1S/C21H19N3/c1-13-8-9-16(15(3)10-13)18-11-20(24-21(23)19(18)12-22)17-7-5-4-6-14(17)2/h4-11H,1-3H3,(H2,23,24). The van der Waals surface area contributed by atoms with Crippen molar-refractivity contribution in [3.8, 4) is 28.5 Å². The summed E-state index contributed by atoms with van der Waals surface area (Å²) in [4.78, 5) is 4.46. The number of aromatic nitrogens is 1. The summed E-state index contributed by atoms with van der Waals surface area (Å²) in [6.45, 7) is 6.15. The summed E-state index contributed by atoms with van der Waals surface area (Å²) < 4.78 is 0. The maximum Gasteiger partial charge on any atom is 0.142 e. The van der Waals surface area contributed by atoms with Crippen molar-refractivity contribution in [3.05, 3.63) is 70.8 Å². The van der Waals surface area contributed by atoms with Crippen LogP contribution in [0.2, 0.25) is 0 Å². The molecule has 3 nitrogen and oxygen atoms in total. The Labute approximate surface area is 142 Å². The zero-order valence-corrected chi connectivity index (χ0v) is 14.1. The Bertz CT molecular complexity index is 965. The zero-order chi connectivity index (χ0) is 17.3. The second kappa shape index (κ2) is 6.17. The molecule has 3 aromatic rings. The Kier molecular flexibility index (Phi) is 4.05. The number of nitrogen functional groups attached to an aromatic ring is 1. The Morgan fingerprint density at radius 3 is 2.29 bits per heavy atom.